The van der Waals surface area contributed by atoms with Crippen LogP contribution in [0.4, 0.5) is 0 Å². The summed E-state index contributed by atoms with van der Waals surface area (Å²) in [5.74, 6) is 0.651. The van der Waals surface area contributed by atoms with Crippen LogP contribution in [0.25, 0.3) is 0 Å². The Kier molecular flexibility index (Phi) is 4.81. The lowest BCUT2D eigenvalue weighted by molar-refractivity contribution is 0.0911. The molecule has 0 aliphatic heterocycles. The Hall–Kier alpha value is -0.830. The summed E-state index contributed by atoms with van der Waals surface area (Å²) in [4.78, 5) is 12.3. The molecule has 18 heavy (non-hydrogen) atoms. The number of hydrogen-bond acceptors (Lipinski definition) is 1. The fourth-order valence-corrected chi connectivity index (χ4v) is 3.43. The van der Waals surface area contributed by atoms with Crippen molar-refractivity contribution in [1.29, 1.82) is 0 Å². The molecule has 1 saturated carbocycles. The molecule has 1 fully saturated rings. The number of carbonyl (C=O) groups excluding carboxylic acids is 1. The van der Waals surface area contributed by atoms with Gasteiger partial charge in [0, 0.05) is 16.9 Å². The number of carbonyl (C=O) groups is 1. The number of rotatable bonds is 3. The molecule has 1 aliphatic carbocycles. The molecule has 2 rings (SSSR count). The predicted molar refractivity (Wildman–Crippen MR) is 78.2 cm³/mol. The minimum Gasteiger partial charge on any atom is -0.349 e. The minimum absolute atomic E-state index is 0.0750. The van der Waals surface area contributed by atoms with Crippen LogP contribution in [-0.2, 0) is 0 Å². The Morgan fingerprint density at radius 1 is 1.33 bits per heavy atom. The van der Waals surface area contributed by atoms with Crippen molar-refractivity contribution in [3.8, 4) is 0 Å². The molecule has 1 N–H and O–H groups in total. The molecule has 2 nitrogen and oxygen atoms in total. The third-order valence-corrected chi connectivity index (χ3v) is 4.65. The summed E-state index contributed by atoms with van der Waals surface area (Å²) in [6, 6.07) is 8.10. The average Bonchev–Trinajstić information content (AvgIpc) is 2.39. The van der Waals surface area contributed by atoms with Gasteiger partial charge in [0.2, 0.25) is 0 Å². The molecule has 2 unspecified atom stereocenters. The summed E-state index contributed by atoms with van der Waals surface area (Å²) in [5, 5.41) is 4.19. The van der Waals surface area contributed by atoms with Gasteiger partial charge < -0.3 is 5.32 Å². The molecule has 0 spiro atoms. The first-order valence-corrected chi connectivity index (χ1v) is 7.77. The molecule has 98 valence electrons. The minimum atomic E-state index is 0.0750. The van der Waals surface area contributed by atoms with Crippen molar-refractivity contribution in [2.24, 2.45) is 5.92 Å². The van der Waals surface area contributed by atoms with Gasteiger partial charge in [0.25, 0.3) is 5.91 Å². The highest BCUT2D eigenvalue weighted by atomic mass is 79.9. The molecule has 0 heterocycles. The first kappa shape index (κ1) is 13.6. The van der Waals surface area contributed by atoms with Gasteiger partial charge in [-0.15, -0.1) is 0 Å². The van der Waals surface area contributed by atoms with Crippen LogP contribution in [0.5, 0.6) is 0 Å². The summed E-state index contributed by atoms with van der Waals surface area (Å²) in [5.41, 5.74) is 1.84. The smallest absolute Gasteiger partial charge is 0.251 e. The topological polar surface area (TPSA) is 29.1 Å². The van der Waals surface area contributed by atoms with E-state index in [1.807, 2.05) is 31.2 Å². The Balaban J connectivity index is 2.04. The lowest BCUT2D eigenvalue weighted by atomic mass is 9.85. The number of amides is 1. The zero-order valence-corrected chi connectivity index (χ0v) is 12.4. The fourth-order valence-electron chi connectivity index (χ4n) is 2.66. The second-order valence-corrected chi connectivity index (χ2v) is 5.74. The van der Waals surface area contributed by atoms with Crippen molar-refractivity contribution in [1.82, 2.24) is 5.32 Å². The summed E-state index contributed by atoms with van der Waals surface area (Å²) >= 11 is 3.56. The van der Waals surface area contributed by atoms with Crippen LogP contribution in [0.3, 0.4) is 0 Å². The molecule has 0 bridgehead atoms. The SMILES string of the molecule is Cc1ccccc1C(=O)NC1CCCCC1CBr. The van der Waals surface area contributed by atoms with E-state index in [4.69, 9.17) is 0 Å². The molecule has 1 amide bonds. The van der Waals surface area contributed by atoms with Gasteiger partial charge in [-0.1, -0.05) is 47.0 Å². The van der Waals surface area contributed by atoms with Crippen LogP contribution in [0, 0.1) is 12.8 Å². The summed E-state index contributed by atoms with van der Waals surface area (Å²) in [6.07, 6.45) is 4.83. The average molecular weight is 310 g/mol. The van der Waals surface area contributed by atoms with E-state index in [0.717, 1.165) is 22.9 Å². The lowest BCUT2D eigenvalue weighted by Gasteiger charge is -2.31. The van der Waals surface area contributed by atoms with E-state index in [2.05, 4.69) is 21.2 Å². The quantitative estimate of drug-likeness (QED) is 0.848. The molecule has 3 heteroatoms. The van der Waals surface area contributed by atoms with E-state index in [9.17, 15) is 4.79 Å². The van der Waals surface area contributed by atoms with Crippen LogP contribution in [0.2, 0.25) is 0 Å². The van der Waals surface area contributed by atoms with Gasteiger partial charge in [-0.2, -0.15) is 0 Å². The van der Waals surface area contributed by atoms with Crippen molar-refractivity contribution >= 4 is 21.8 Å². The highest BCUT2D eigenvalue weighted by Gasteiger charge is 2.26. The van der Waals surface area contributed by atoms with Gasteiger partial charge in [-0.05, 0) is 37.3 Å². The van der Waals surface area contributed by atoms with Gasteiger partial charge in [-0.25, -0.2) is 0 Å². The van der Waals surface area contributed by atoms with Gasteiger partial charge in [0.05, 0.1) is 0 Å². The van der Waals surface area contributed by atoms with Crippen molar-refractivity contribution in [2.45, 2.75) is 38.6 Å². The summed E-state index contributed by atoms with van der Waals surface area (Å²) < 4.78 is 0. The van der Waals surface area contributed by atoms with Crippen molar-refractivity contribution < 1.29 is 4.79 Å². The highest BCUT2D eigenvalue weighted by Crippen LogP contribution is 2.26. The largest absolute Gasteiger partial charge is 0.349 e. The van der Waals surface area contributed by atoms with Crippen LogP contribution in [0.15, 0.2) is 24.3 Å². The van der Waals surface area contributed by atoms with E-state index < -0.39 is 0 Å². The van der Waals surface area contributed by atoms with E-state index in [-0.39, 0.29) is 5.91 Å². The number of benzene rings is 1. The number of halogens is 1. The number of nitrogens with one attached hydrogen (secondary N) is 1. The molecule has 0 aromatic heterocycles. The highest BCUT2D eigenvalue weighted by molar-refractivity contribution is 9.09. The Morgan fingerprint density at radius 2 is 2.06 bits per heavy atom. The third-order valence-electron chi connectivity index (χ3n) is 3.81. The van der Waals surface area contributed by atoms with Crippen molar-refractivity contribution in [3.05, 3.63) is 35.4 Å². The second-order valence-electron chi connectivity index (χ2n) is 5.09. The van der Waals surface area contributed by atoms with Crippen molar-refractivity contribution in [3.63, 3.8) is 0 Å². The maximum atomic E-state index is 12.3. The van der Waals surface area contributed by atoms with Crippen molar-refractivity contribution in [2.75, 3.05) is 5.33 Å². The van der Waals surface area contributed by atoms with Gasteiger partial charge in [0.15, 0.2) is 0 Å². The van der Waals surface area contributed by atoms with E-state index in [1.54, 1.807) is 0 Å². The summed E-state index contributed by atoms with van der Waals surface area (Å²) in [6.45, 7) is 1.98. The Morgan fingerprint density at radius 3 is 2.78 bits per heavy atom. The van der Waals surface area contributed by atoms with Gasteiger partial charge >= 0.3 is 0 Å². The number of alkyl halides is 1. The maximum Gasteiger partial charge on any atom is 0.251 e. The fraction of sp³-hybridized carbons (Fsp3) is 0.533. The molecule has 0 saturated heterocycles. The first-order valence-electron chi connectivity index (χ1n) is 6.65. The number of aryl methyl sites for hydroxylation is 1. The van der Waals surface area contributed by atoms with Crippen LogP contribution < -0.4 is 5.32 Å². The molecule has 1 aliphatic rings. The zero-order valence-electron chi connectivity index (χ0n) is 10.8. The molecular formula is C15H20BrNO. The zero-order chi connectivity index (χ0) is 13.0. The summed E-state index contributed by atoms with van der Waals surface area (Å²) in [7, 11) is 0. The second kappa shape index (κ2) is 6.37. The Bertz CT molecular complexity index is 419. The standard InChI is InChI=1S/C15H20BrNO/c1-11-6-2-4-8-13(11)15(18)17-14-9-5-3-7-12(14)10-16/h2,4,6,8,12,14H,3,5,7,9-10H2,1H3,(H,17,18). The van der Waals surface area contributed by atoms with E-state index in [1.165, 1.54) is 19.3 Å². The number of hydrogen-bond donors (Lipinski definition) is 1. The molecule has 0 radical (unpaired) electrons. The van der Waals surface area contributed by atoms with E-state index in [0.29, 0.717) is 12.0 Å². The maximum absolute atomic E-state index is 12.3. The Labute approximate surface area is 117 Å². The van der Waals surface area contributed by atoms with Crippen LogP contribution >= 0.6 is 15.9 Å². The predicted octanol–water partition coefficient (Wildman–Crippen LogP) is 3.68. The van der Waals surface area contributed by atoms with Gasteiger partial charge in [0.1, 0.15) is 0 Å². The molecular weight excluding hydrogens is 290 g/mol. The molecule has 1 aromatic carbocycles. The molecule has 1 aromatic rings. The third kappa shape index (κ3) is 3.14. The van der Waals surface area contributed by atoms with Crippen LogP contribution in [-0.4, -0.2) is 17.3 Å². The monoisotopic (exact) mass is 309 g/mol. The normalized spacial score (nSPS) is 23.7. The van der Waals surface area contributed by atoms with Gasteiger partial charge in [-0.3, -0.25) is 4.79 Å². The lowest BCUT2D eigenvalue weighted by Crippen LogP contribution is -2.42. The molecule has 2 atom stereocenters. The van der Waals surface area contributed by atoms with E-state index >= 15 is 0 Å². The van der Waals surface area contributed by atoms with Crippen LogP contribution in [0.1, 0.15) is 41.6 Å². The first-order chi connectivity index (χ1) is 8.72.